The molecule has 29 heavy (non-hydrogen) atoms. The van der Waals surface area contributed by atoms with E-state index in [1.165, 1.54) is 22.7 Å². The van der Waals surface area contributed by atoms with E-state index >= 15 is 0 Å². The normalized spacial score (nSPS) is 11.1. The first-order valence-electron chi connectivity index (χ1n) is 8.85. The minimum atomic E-state index is -0.168. The number of carbonyl (C=O) groups excluding carboxylic acids is 1. The van der Waals surface area contributed by atoms with Crippen LogP contribution in [0.4, 0.5) is 5.13 Å². The lowest BCUT2D eigenvalue weighted by Crippen LogP contribution is -2.09. The van der Waals surface area contributed by atoms with Crippen LogP contribution in [0.3, 0.4) is 0 Å². The van der Waals surface area contributed by atoms with Crippen molar-refractivity contribution < 1.29 is 14.3 Å². The number of hydrogen-bond acceptors (Lipinski definition) is 7. The van der Waals surface area contributed by atoms with Crippen LogP contribution < -0.4 is 14.8 Å². The van der Waals surface area contributed by atoms with Gasteiger partial charge in [0, 0.05) is 22.9 Å². The maximum absolute atomic E-state index is 12.7. The number of carbonyl (C=O) groups is 1. The van der Waals surface area contributed by atoms with Crippen LogP contribution in [0, 0.1) is 13.8 Å². The van der Waals surface area contributed by atoms with Crippen LogP contribution in [0.15, 0.2) is 24.3 Å². The quantitative estimate of drug-likeness (QED) is 0.501. The maximum atomic E-state index is 12.7. The molecule has 0 radical (unpaired) electrons. The fourth-order valence-corrected chi connectivity index (χ4v) is 5.03. The molecule has 0 saturated heterocycles. The first-order valence-corrected chi connectivity index (χ1v) is 10.5. The molecule has 1 aromatic carbocycles. The molecule has 0 spiro atoms. The minimum absolute atomic E-state index is 0.168. The lowest BCUT2D eigenvalue weighted by molar-refractivity contribution is 0.103. The highest BCUT2D eigenvalue weighted by atomic mass is 32.1. The lowest BCUT2D eigenvalue weighted by Gasteiger charge is -2.08. The first-order chi connectivity index (χ1) is 13.9. The number of nitrogens with one attached hydrogen (secondary N) is 1. The van der Waals surface area contributed by atoms with Gasteiger partial charge in [-0.25, -0.2) is 4.98 Å². The topological polar surface area (TPSA) is 78.3 Å². The number of thiophene rings is 1. The third-order valence-electron chi connectivity index (χ3n) is 4.59. The molecule has 150 valence electrons. The standard InChI is InChI=1S/C20H20N4O3S2/c1-10-13-9-16(29-19(13)24(3)23-10)18(25)22-20-21-17(11(2)28-20)12-6-7-14(26-4)15(8-12)27-5/h6-9H,1-5H3,(H,21,22,25). The molecule has 0 bridgehead atoms. The van der Waals surface area contributed by atoms with Gasteiger partial charge in [-0.15, -0.1) is 22.7 Å². The molecule has 7 nitrogen and oxygen atoms in total. The van der Waals surface area contributed by atoms with Crippen molar-refractivity contribution in [1.82, 2.24) is 14.8 Å². The molecule has 3 heterocycles. The highest BCUT2D eigenvalue weighted by Gasteiger charge is 2.18. The summed E-state index contributed by atoms with van der Waals surface area (Å²) >= 11 is 2.87. The Morgan fingerprint density at radius 1 is 1.10 bits per heavy atom. The molecule has 1 N–H and O–H groups in total. The fourth-order valence-electron chi connectivity index (χ4n) is 3.18. The number of hydrogen-bond donors (Lipinski definition) is 1. The molecule has 0 atom stereocenters. The number of rotatable bonds is 5. The molecule has 0 aliphatic carbocycles. The van der Waals surface area contributed by atoms with Gasteiger partial charge in [0.15, 0.2) is 16.6 Å². The van der Waals surface area contributed by atoms with Gasteiger partial charge >= 0.3 is 0 Å². The first kappa shape index (κ1) is 19.4. The zero-order valence-corrected chi connectivity index (χ0v) is 18.3. The Labute approximate surface area is 175 Å². The van der Waals surface area contributed by atoms with E-state index in [2.05, 4.69) is 15.4 Å². The number of nitrogens with zero attached hydrogens (tertiary/aromatic N) is 3. The van der Waals surface area contributed by atoms with Crippen LogP contribution in [0.25, 0.3) is 21.5 Å². The summed E-state index contributed by atoms with van der Waals surface area (Å²) in [5.74, 6) is 1.13. The summed E-state index contributed by atoms with van der Waals surface area (Å²) in [5, 5.41) is 8.86. The van der Waals surface area contributed by atoms with E-state index in [-0.39, 0.29) is 5.91 Å². The van der Waals surface area contributed by atoms with Gasteiger partial charge in [0.2, 0.25) is 0 Å². The Morgan fingerprint density at radius 3 is 2.55 bits per heavy atom. The van der Waals surface area contributed by atoms with E-state index in [4.69, 9.17) is 9.47 Å². The maximum Gasteiger partial charge on any atom is 0.267 e. The Bertz CT molecular complexity index is 1190. The second kappa shape index (κ2) is 7.49. The monoisotopic (exact) mass is 428 g/mol. The molecule has 4 rings (SSSR count). The average Bonchev–Trinajstić information content (AvgIpc) is 3.37. The van der Waals surface area contributed by atoms with Crippen molar-refractivity contribution in [3.05, 3.63) is 39.7 Å². The van der Waals surface area contributed by atoms with Gasteiger partial charge in [-0.3, -0.25) is 14.8 Å². The van der Waals surface area contributed by atoms with Crippen molar-refractivity contribution in [1.29, 1.82) is 0 Å². The van der Waals surface area contributed by atoms with Gasteiger partial charge in [-0.05, 0) is 38.1 Å². The molecule has 0 unspecified atom stereocenters. The predicted molar refractivity (Wildman–Crippen MR) is 117 cm³/mol. The van der Waals surface area contributed by atoms with E-state index in [0.29, 0.717) is 21.5 Å². The molecule has 1 amide bonds. The zero-order chi connectivity index (χ0) is 20.7. The predicted octanol–water partition coefficient (Wildman–Crippen LogP) is 4.64. The van der Waals surface area contributed by atoms with Crippen LogP contribution in [0.2, 0.25) is 0 Å². The highest BCUT2D eigenvalue weighted by Crippen LogP contribution is 2.36. The summed E-state index contributed by atoms with van der Waals surface area (Å²) in [6, 6.07) is 7.54. The van der Waals surface area contributed by atoms with Gasteiger partial charge in [-0.2, -0.15) is 5.10 Å². The van der Waals surface area contributed by atoms with Crippen molar-refractivity contribution >= 4 is 43.9 Å². The smallest absolute Gasteiger partial charge is 0.267 e. The Kier molecular flexibility index (Phi) is 5.01. The van der Waals surface area contributed by atoms with Crippen molar-refractivity contribution in [2.24, 2.45) is 7.05 Å². The number of ether oxygens (including phenoxy) is 2. The number of methoxy groups -OCH3 is 2. The number of fused-ring (bicyclic) bond motifs is 1. The van der Waals surface area contributed by atoms with Crippen LogP contribution in [0.1, 0.15) is 20.2 Å². The third-order valence-corrected chi connectivity index (χ3v) is 6.68. The molecule has 4 aromatic rings. The second-order valence-electron chi connectivity index (χ2n) is 6.49. The third kappa shape index (κ3) is 3.47. The Hall–Kier alpha value is -2.91. The van der Waals surface area contributed by atoms with E-state index < -0.39 is 0 Å². The lowest BCUT2D eigenvalue weighted by atomic mass is 10.1. The molecule has 3 aromatic heterocycles. The van der Waals surface area contributed by atoms with Gasteiger partial charge < -0.3 is 9.47 Å². The summed E-state index contributed by atoms with van der Waals surface area (Å²) in [6.07, 6.45) is 0. The highest BCUT2D eigenvalue weighted by molar-refractivity contribution is 7.20. The number of benzene rings is 1. The van der Waals surface area contributed by atoms with Crippen LogP contribution in [0.5, 0.6) is 11.5 Å². The summed E-state index contributed by atoms with van der Waals surface area (Å²) in [7, 11) is 5.08. The molecule has 0 fully saturated rings. The molecular weight excluding hydrogens is 408 g/mol. The number of anilines is 1. The Morgan fingerprint density at radius 2 is 1.86 bits per heavy atom. The minimum Gasteiger partial charge on any atom is -0.493 e. The SMILES string of the molecule is COc1ccc(-c2nc(NC(=O)c3cc4c(C)nn(C)c4s3)sc2C)cc1OC. The number of amides is 1. The summed E-state index contributed by atoms with van der Waals surface area (Å²) in [6.45, 7) is 3.92. The zero-order valence-electron chi connectivity index (χ0n) is 16.7. The van der Waals surface area contributed by atoms with Gasteiger partial charge in [0.25, 0.3) is 5.91 Å². The van der Waals surface area contributed by atoms with E-state index in [1.54, 1.807) is 18.9 Å². The van der Waals surface area contributed by atoms with E-state index in [9.17, 15) is 4.79 Å². The van der Waals surface area contributed by atoms with Gasteiger partial charge in [-0.1, -0.05) is 0 Å². The molecule has 9 heteroatoms. The average molecular weight is 429 g/mol. The summed E-state index contributed by atoms with van der Waals surface area (Å²) < 4.78 is 12.5. The summed E-state index contributed by atoms with van der Waals surface area (Å²) in [4.78, 5) is 20.0. The van der Waals surface area contributed by atoms with Crippen molar-refractivity contribution in [2.45, 2.75) is 13.8 Å². The van der Waals surface area contributed by atoms with Crippen LogP contribution in [-0.4, -0.2) is 34.9 Å². The molecule has 0 aliphatic rings. The molecular formula is C20H20N4O3S2. The van der Waals surface area contributed by atoms with Gasteiger partial charge in [0.05, 0.1) is 30.5 Å². The van der Waals surface area contributed by atoms with Crippen molar-refractivity contribution in [3.8, 4) is 22.8 Å². The molecule has 0 aliphatic heterocycles. The Balaban J connectivity index is 1.60. The summed E-state index contributed by atoms with van der Waals surface area (Å²) in [5.41, 5.74) is 2.63. The van der Waals surface area contributed by atoms with Crippen LogP contribution >= 0.6 is 22.7 Å². The van der Waals surface area contributed by atoms with E-state index in [0.717, 1.165) is 32.0 Å². The van der Waals surface area contributed by atoms with E-state index in [1.807, 2.05) is 45.2 Å². The van der Waals surface area contributed by atoms with Crippen molar-refractivity contribution in [2.75, 3.05) is 19.5 Å². The van der Waals surface area contributed by atoms with Crippen LogP contribution in [-0.2, 0) is 7.05 Å². The fraction of sp³-hybridized carbons (Fsp3) is 0.250. The second-order valence-corrected chi connectivity index (χ2v) is 8.72. The van der Waals surface area contributed by atoms with Crippen molar-refractivity contribution in [3.63, 3.8) is 0 Å². The number of aryl methyl sites for hydroxylation is 3. The number of aromatic nitrogens is 3. The largest absolute Gasteiger partial charge is 0.493 e. The van der Waals surface area contributed by atoms with Gasteiger partial charge in [0.1, 0.15) is 4.83 Å². The molecule has 0 saturated carbocycles. The number of thiazole rings is 1.